The Labute approximate surface area is 170 Å². The Hall–Kier alpha value is -2.17. The van der Waals surface area contributed by atoms with Gasteiger partial charge in [0.05, 0.1) is 23.4 Å². The summed E-state index contributed by atoms with van der Waals surface area (Å²) in [5, 5.41) is 3.21. The van der Waals surface area contributed by atoms with Gasteiger partial charge in [-0.15, -0.1) is 0 Å². The van der Waals surface area contributed by atoms with Crippen molar-refractivity contribution in [2.75, 3.05) is 32.8 Å². The molecule has 3 saturated heterocycles. The maximum atomic E-state index is 13.8. The number of likely N-dealkylation sites (tertiary alicyclic amines) is 2. The SMILES string of the molecule is [B][C@@]12CN(C(=C)N3CC(C#Cc4ccc(Cl)cc4F)C3)CC[C@@H]1OCC(=O)N2. The number of nitrogens with one attached hydrogen (secondary N) is 1. The van der Waals surface area contributed by atoms with Crippen molar-refractivity contribution in [3.8, 4) is 11.8 Å². The van der Waals surface area contributed by atoms with E-state index in [0.29, 0.717) is 17.1 Å². The number of morpholine rings is 1. The van der Waals surface area contributed by atoms with Crippen LogP contribution in [0.15, 0.2) is 30.6 Å². The van der Waals surface area contributed by atoms with Crippen molar-refractivity contribution >= 4 is 25.4 Å². The number of carbonyl (C=O) groups excluding carboxylic acids is 1. The van der Waals surface area contributed by atoms with Crippen LogP contribution >= 0.6 is 11.6 Å². The van der Waals surface area contributed by atoms with E-state index in [1.54, 1.807) is 12.1 Å². The van der Waals surface area contributed by atoms with E-state index in [9.17, 15) is 9.18 Å². The Bertz CT molecular complexity index is 880. The Morgan fingerprint density at radius 2 is 2.21 bits per heavy atom. The number of rotatable bonds is 2. The summed E-state index contributed by atoms with van der Waals surface area (Å²) >= 11 is 5.76. The molecule has 0 bridgehead atoms. The third-order valence-corrected chi connectivity index (χ3v) is 5.66. The van der Waals surface area contributed by atoms with Crippen molar-refractivity contribution in [1.82, 2.24) is 15.1 Å². The van der Waals surface area contributed by atoms with Crippen LogP contribution in [0.1, 0.15) is 12.0 Å². The van der Waals surface area contributed by atoms with Gasteiger partial charge in [0.25, 0.3) is 0 Å². The number of carbonyl (C=O) groups is 1. The molecule has 0 aromatic heterocycles. The van der Waals surface area contributed by atoms with Crippen LogP contribution in [0.4, 0.5) is 4.39 Å². The summed E-state index contributed by atoms with van der Waals surface area (Å²) in [6.45, 7) is 6.91. The zero-order chi connectivity index (χ0) is 19.9. The van der Waals surface area contributed by atoms with Crippen LogP contribution in [-0.2, 0) is 9.53 Å². The van der Waals surface area contributed by atoms with Crippen molar-refractivity contribution in [2.45, 2.75) is 18.0 Å². The molecular formula is C20H20BClFN3O2. The standard InChI is InChI=1S/C20H20BClFN3O2/c1-13(25-7-6-18-20(21,12-25)24-19(27)11-28-18)26-9-14(10-26)2-3-15-4-5-16(22)8-17(15)23/h4-5,8,14,18H,1,6-7,9-12H2,(H,24,27)/t18-,20+/m0/s1. The quantitative estimate of drug-likeness (QED) is 0.602. The van der Waals surface area contributed by atoms with E-state index < -0.39 is 11.3 Å². The summed E-state index contributed by atoms with van der Waals surface area (Å²) in [7, 11) is 6.38. The molecule has 144 valence electrons. The molecule has 3 aliphatic heterocycles. The lowest BCUT2D eigenvalue weighted by molar-refractivity contribution is -0.143. The predicted octanol–water partition coefficient (Wildman–Crippen LogP) is 1.32. The predicted molar refractivity (Wildman–Crippen MR) is 105 cm³/mol. The van der Waals surface area contributed by atoms with Gasteiger partial charge in [-0.05, 0) is 24.6 Å². The number of ether oxygens (including phenoxy) is 1. The molecule has 1 aromatic rings. The monoisotopic (exact) mass is 399 g/mol. The number of fused-ring (bicyclic) bond motifs is 1. The normalized spacial score (nSPS) is 27.2. The average Bonchev–Trinajstić information content (AvgIpc) is 2.60. The van der Waals surface area contributed by atoms with E-state index in [0.717, 1.165) is 31.9 Å². The van der Waals surface area contributed by atoms with Gasteiger partial charge in [0, 0.05) is 36.6 Å². The first kappa shape index (κ1) is 19.2. The van der Waals surface area contributed by atoms with Crippen LogP contribution in [0, 0.1) is 23.6 Å². The van der Waals surface area contributed by atoms with Crippen LogP contribution in [0.3, 0.4) is 0 Å². The molecule has 1 aromatic carbocycles. The first-order valence-corrected chi connectivity index (χ1v) is 9.59. The number of hydrogen-bond acceptors (Lipinski definition) is 4. The van der Waals surface area contributed by atoms with Crippen molar-refractivity contribution in [3.05, 3.63) is 47.0 Å². The van der Waals surface area contributed by atoms with Gasteiger partial charge in [-0.25, -0.2) is 4.39 Å². The molecule has 0 aliphatic carbocycles. The van der Waals surface area contributed by atoms with Gasteiger partial charge < -0.3 is 19.9 Å². The molecule has 1 amide bonds. The van der Waals surface area contributed by atoms with E-state index in [-0.39, 0.29) is 24.5 Å². The molecule has 0 saturated carbocycles. The molecule has 8 heteroatoms. The lowest BCUT2D eigenvalue weighted by Crippen LogP contribution is -2.71. The molecule has 3 fully saturated rings. The maximum Gasteiger partial charge on any atom is 0.245 e. The molecule has 3 heterocycles. The van der Waals surface area contributed by atoms with Crippen molar-refractivity contribution in [3.63, 3.8) is 0 Å². The number of piperidine rings is 1. The summed E-state index contributed by atoms with van der Waals surface area (Å²) in [5.74, 6) is 6.40. The lowest BCUT2D eigenvalue weighted by Gasteiger charge is -2.52. The highest BCUT2D eigenvalue weighted by atomic mass is 35.5. The van der Waals surface area contributed by atoms with Crippen LogP contribution < -0.4 is 5.32 Å². The summed E-state index contributed by atoms with van der Waals surface area (Å²) in [5.41, 5.74) is -0.547. The van der Waals surface area contributed by atoms with Gasteiger partial charge in [0.1, 0.15) is 20.3 Å². The van der Waals surface area contributed by atoms with E-state index >= 15 is 0 Å². The number of halogens is 2. The average molecular weight is 400 g/mol. The van der Waals surface area contributed by atoms with E-state index in [1.807, 2.05) is 0 Å². The summed E-state index contributed by atoms with van der Waals surface area (Å²) in [6.07, 6.45) is 0.543. The van der Waals surface area contributed by atoms with Gasteiger partial charge in [-0.1, -0.05) is 30.0 Å². The van der Waals surface area contributed by atoms with Crippen molar-refractivity contribution < 1.29 is 13.9 Å². The highest BCUT2D eigenvalue weighted by molar-refractivity contribution is 6.30. The van der Waals surface area contributed by atoms with Crippen molar-refractivity contribution in [1.29, 1.82) is 0 Å². The van der Waals surface area contributed by atoms with Gasteiger partial charge in [-0.2, -0.15) is 0 Å². The third-order valence-electron chi connectivity index (χ3n) is 5.43. The second kappa shape index (κ2) is 7.34. The fraction of sp³-hybridized carbons (Fsp3) is 0.450. The second-order valence-corrected chi connectivity index (χ2v) is 7.95. The van der Waals surface area contributed by atoms with Crippen LogP contribution in [0.5, 0.6) is 0 Å². The topological polar surface area (TPSA) is 44.8 Å². The molecule has 0 unspecified atom stereocenters. The fourth-order valence-electron chi connectivity index (χ4n) is 3.82. The summed E-state index contributed by atoms with van der Waals surface area (Å²) in [6, 6.07) is 4.48. The van der Waals surface area contributed by atoms with E-state index in [4.69, 9.17) is 24.2 Å². The molecule has 2 radical (unpaired) electrons. The van der Waals surface area contributed by atoms with Gasteiger partial charge in [-0.3, -0.25) is 4.79 Å². The number of amides is 1. The van der Waals surface area contributed by atoms with Crippen LogP contribution in [-0.4, -0.2) is 67.9 Å². The number of benzene rings is 1. The van der Waals surface area contributed by atoms with E-state index in [1.165, 1.54) is 6.07 Å². The molecule has 3 aliphatic rings. The molecular weight excluding hydrogens is 380 g/mol. The van der Waals surface area contributed by atoms with Crippen LogP contribution in [0.2, 0.25) is 5.02 Å². The van der Waals surface area contributed by atoms with Gasteiger partial charge in [0.2, 0.25) is 5.91 Å². The zero-order valence-electron chi connectivity index (χ0n) is 15.4. The first-order chi connectivity index (χ1) is 13.3. The minimum absolute atomic E-state index is 0.0608. The zero-order valence-corrected chi connectivity index (χ0v) is 16.1. The minimum atomic E-state index is -0.896. The largest absolute Gasteiger partial charge is 0.367 e. The lowest BCUT2D eigenvalue weighted by atomic mass is 9.69. The molecule has 28 heavy (non-hydrogen) atoms. The molecule has 5 nitrogen and oxygen atoms in total. The van der Waals surface area contributed by atoms with Gasteiger partial charge >= 0.3 is 0 Å². The second-order valence-electron chi connectivity index (χ2n) is 7.51. The van der Waals surface area contributed by atoms with Gasteiger partial charge in [0.15, 0.2) is 0 Å². The highest BCUT2D eigenvalue weighted by Gasteiger charge is 2.45. The smallest absolute Gasteiger partial charge is 0.245 e. The number of hydrogen-bond donors (Lipinski definition) is 1. The Kier molecular flexibility index (Phi) is 5.03. The fourth-order valence-corrected chi connectivity index (χ4v) is 3.98. The Balaban J connectivity index is 1.33. The van der Waals surface area contributed by atoms with Crippen molar-refractivity contribution in [2.24, 2.45) is 5.92 Å². The van der Waals surface area contributed by atoms with Crippen LogP contribution in [0.25, 0.3) is 0 Å². The summed E-state index contributed by atoms with van der Waals surface area (Å²) in [4.78, 5) is 15.9. The van der Waals surface area contributed by atoms with E-state index in [2.05, 4.69) is 33.5 Å². The highest BCUT2D eigenvalue weighted by Crippen LogP contribution is 2.30. The molecule has 0 spiro atoms. The molecule has 2 atom stereocenters. The Morgan fingerprint density at radius 1 is 1.43 bits per heavy atom. The minimum Gasteiger partial charge on any atom is -0.367 e. The first-order valence-electron chi connectivity index (χ1n) is 9.21. The summed E-state index contributed by atoms with van der Waals surface area (Å²) < 4.78 is 19.4. The number of nitrogens with zero attached hydrogens (tertiary/aromatic N) is 2. The molecule has 1 N–H and O–H groups in total. The third kappa shape index (κ3) is 3.72. The molecule has 4 rings (SSSR count). The maximum absolute atomic E-state index is 13.8. The Morgan fingerprint density at radius 3 is 2.96 bits per heavy atom.